The Kier molecular flexibility index (Phi) is 8.91. The summed E-state index contributed by atoms with van der Waals surface area (Å²) in [7, 11) is 0. The molecule has 0 radical (unpaired) electrons. The zero-order valence-electron chi connectivity index (χ0n) is 14.6. The number of hydrogen-bond acceptors (Lipinski definition) is 2. The monoisotopic (exact) mass is 430 g/mol. The number of piperidine rings is 1. The zero-order chi connectivity index (χ0) is 15.9. The Balaban J connectivity index is 0.00000264. The molecule has 4 nitrogen and oxygen atoms in total. The van der Waals surface area contributed by atoms with Crippen molar-refractivity contribution in [2.24, 2.45) is 16.6 Å². The van der Waals surface area contributed by atoms with Gasteiger partial charge in [0.15, 0.2) is 5.96 Å². The third kappa shape index (κ3) is 7.08. The molecule has 5 heteroatoms. The molecule has 23 heavy (non-hydrogen) atoms. The number of benzene rings is 1. The highest BCUT2D eigenvalue weighted by atomic mass is 127. The molecule has 0 aliphatic carbocycles. The van der Waals surface area contributed by atoms with E-state index < -0.39 is 0 Å². The van der Waals surface area contributed by atoms with Crippen molar-refractivity contribution in [2.75, 3.05) is 13.1 Å². The minimum absolute atomic E-state index is 0. The lowest BCUT2D eigenvalue weighted by Gasteiger charge is -2.31. The second-order valence-electron chi connectivity index (χ2n) is 6.75. The van der Waals surface area contributed by atoms with Crippen LogP contribution in [0.4, 0.5) is 0 Å². The molecular formula is C18H31IN4. The summed E-state index contributed by atoms with van der Waals surface area (Å²) in [6.07, 6.45) is 2.67. The van der Waals surface area contributed by atoms with E-state index in [1.807, 2.05) is 0 Å². The zero-order valence-corrected chi connectivity index (χ0v) is 16.9. The maximum atomic E-state index is 5.90. The van der Waals surface area contributed by atoms with Crippen LogP contribution in [0, 0.1) is 5.92 Å². The SMILES string of the molecule is CC1CCCN(Cc2ccccc2CN=C(N)NC(C)C)C1.I. The summed E-state index contributed by atoms with van der Waals surface area (Å²) in [5.74, 6) is 1.33. The lowest BCUT2D eigenvalue weighted by Crippen LogP contribution is -2.36. The van der Waals surface area contributed by atoms with E-state index in [4.69, 9.17) is 5.73 Å². The van der Waals surface area contributed by atoms with Crippen LogP contribution >= 0.6 is 24.0 Å². The summed E-state index contributed by atoms with van der Waals surface area (Å²) in [6.45, 7) is 10.6. The van der Waals surface area contributed by atoms with Crippen LogP contribution in [-0.2, 0) is 13.1 Å². The van der Waals surface area contributed by atoms with Gasteiger partial charge in [-0.25, -0.2) is 4.99 Å². The summed E-state index contributed by atoms with van der Waals surface area (Å²) in [5.41, 5.74) is 8.55. The smallest absolute Gasteiger partial charge is 0.189 e. The van der Waals surface area contributed by atoms with Gasteiger partial charge in [0.1, 0.15) is 0 Å². The number of guanidine groups is 1. The van der Waals surface area contributed by atoms with Crippen molar-refractivity contribution in [3.8, 4) is 0 Å². The molecule has 2 rings (SSSR count). The molecule has 1 aliphatic rings. The van der Waals surface area contributed by atoms with Gasteiger partial charge in [-0.15, -0.1) is 24.0 Å². The Bertz CT molecular complexity index is 502. The number of aliphatic imine (C=N–C) groups is 1. The lowest BCUT2D eigenvalue weighted by molar-refractivity contribution is 0.176. The standard InChI is InChI=1S/C18H30N4.HI/c1-14(2)21-18(19)20-11-16-8-4-5-9-17(16)13-22-10-6-7-15(3)12-22;/h4-5,8-9,14-15H,6-7,10-13H2,1-3H3,(H3,19,20,21);1H. The molecule has 1 aromatic rings. The van der Waals surface area contributed by atoms with Crippen LogP contribution in [0.2, 0.25) is 0 Å². The van der Waals surface area contributed by atoms with Gasteiger partial charge in [0, 0.05) is 19.1 Å². The van der Waals surface area contributed by atoms with Crippen LogP contribution in [-0.4, -0.2) is 30.0 Å². The molecule has 1 fully saturated rings. The molecule has 1 aliphatic heterocycles. The van der Waals surface area contributed by atoms with Gasteiger partial charge in [0.2, 0.25) is 0 Å². The van der Waals surface area contributed by atoms with Crippen molar-refractivity contribution in [1.29, 1.82) is 0 Å². The first kappa shape index (κ1) is 20.2. The molecule has 0 saturated carbocycles. The van der Waals surface area contributed by atoms with Gasteiger partial charge in [-0.1, -0.05) is 31.2 Å². The fraction of sp³-hybridized carbons (Fsp3) is 0.611. The average Bonchev–Trinajstić information content (AvgIpc) is 2.46. The number of nitrogens with zero attached hydrogens (tertiary/aromatic N) is 2. The Morgan fingerprint density at radius 3 is 2.70 bits per heavy atom. The molecule has 1 atom stereocenters. The van der Waals surface area contributed by atoms with E-state index in [1.165, 1.54) is 37.1 Å². The van der Waals surface area contributed by atoms with Crippen molar-refractivity contribution in [2.45, 2.75) is 52.7 Å². The molecule has 1 heterocycles. The number of nitrogens with two attached hydrogens (primary N) is 1. The van der Waals surface area contributed by atoms with Crippen LogP contribution in [0.5, 0.6) is 0 Å². The highest BCUT2D eigenvalue weighted by molar-refractivity contribution is 14.0. The van der Waals surface area contributed by atoms with Gasteiger partial charge in [-0.05, 0) is 50.3 Å². The lowest BCUT2D eigenvalue weighted by atomic mass is 9.99. The topological polar surface area (TPSA) is 53.6 Å². The van der Waals surface area contributed by atoms with Gasteiger partial charge in [0.05, 0.1) is 6.54 Å². The van der Waals surface area contributed by atoms with Crippen LogP contribution < -0.4 is 11.1 Å². The van der Waals surface area contributed by atoms with Crippen molar-refractivity contribution >= 4 is 29.9 Å². The summed E-state index contributed by atoms with van der Waals surface area (Å²) >= 11 is 0. The summed E-state index contributed by atoms with van der Waals surface area (Å²) < 4.78 is 0. The van der Waals surface area contributed by atoms with Gasteiger partial charge in [-0.3, -0.25) is 4.90 Å². The van der Waals surface area contributed by atoms with Crippen molar-refractivity contribution in [1.82, 2.24) is 10.2 Å². The fourth-order valence-electron chi connectivity index (χ4n) is 3.05. The van der Waals surface area contributed by atoms with Gasteiger partial charge < -0.3 is 11.1 Å². The molecule has 130 valence electrons. The second kappa shape index (κ2) is 10.1. The highest BCUT2D eigenvalue weighted by Crippen LogP contribution is 2.19. The number of rotatable bonds is 5. The van der Waals surface area contributed by atoms with E-state index in [2.05, 4.69) is 60.2 Å². The van der Waals surface area contributed by atoms with E-state index in [9.17, 15) is 0 Å². The van der Waals surface area contributed by atoms with Gasteiger partial charge in [-0.2, -0.15) is 0 Å². The van der Waals surface area contributed by atoms with E-state index in [0.717, 1.165) is 12.5 Å². The first-order valence-electron chi connectivity index (χ1n) is 8.40. The number of nitrogens with one attached hydrogen (secondary N) is 1. The number of hydrogen-bond donors (Lipinski definition) is 2. The molecule has 0 aromatic heterocycles. The van der Waals surface area contributed by atoms with Crippen molar-refractivity contribution in [3.63, 3.8) is 0 Å². The number of halogens is 1. The summed E-state index contributed by atoms with van der Waals surface area (Å²) in [4.78, 5) is 7.03. The Morgan fingerprint density at radius 1 is 1.35 bits per heavy atom. The Hall–Kier alpha value is -0.820. The predicted molar refractivity (Wildman–Crippen MR) is 109 cm³/mol. The van der Waals surface area contributed by atoms with E-state index >= 15 is 0 Å². The van der Waals surface area contributed by atoms with E-state index in [0.29, 0.717) is 18.5 Å². The quantitative estimate of drug-likeness (QED) is 0.428. The van der Waals surface area contributed by atoms with Crippen LogP contribution in [0.25, 0.3) is 0 Å². The van der Waals surface area contributed by atoms with Crippen LogP contribution in [0.3, 0.4) is 0 Å². The molecule has 0 amide bonds. The Labute approximate surface area is 157 Å². The highest BCUT2D eigenvalue weighted by Gasteiger charge is 2.17. The molecule has 1 unspecified atom stereocenters. The van der Waals surface area contributed by atoms with Gasteiger partial charge >= 0.3 is 0 Å². The van der Waals surface area contributed by atoms with E-state index in [-0.39, 0.29) is 24.0 Å². The molecule has 3 N–H and O–H groups in total. The third-order valence-electron chi connectivity index (χ3n) is 4.11. The Morgan fingerprint density at radius 2 is 2.04 bits per heavy atom. The maximum Gasteiger partial charge on any atom is 0.189 e. The average molecular weight is 430 g/mol. The molecule has 1 aromatic carbocycles. The minimum Gasteiger partial charge on any atom is -0.370 e. The van der Waals surface area contributed by atoms with Gasteiger partial charge in [0.25, 0.3) is 0 Å². The first-order chi connectivity index (χ1) is 10.5. The second-order valence-corrected chi connectivity index (χ2v) is 6.75. The molecule has 0 bridgehead atoms. The summed E-state index contributed by atoms with van der Waals surface area (Å²) in [5, 5.41) is 3.14. The summed E-state index contributed by atoms with van der Waals surface area (Å²) in [6, 6.07) is 8.89. The van der Waals surface area contributed by atoms with Crippen LogP contribution in [0.1, 0.15) is 44.7 Å². The predicted octanol–water partition coefficient (Wildman–Crippen LogP) is 3.35. The van der Waals surface area contributed by atoms with Crippen molar-refractivity contribution < 1.29 is 0 Å². The third-order valence-corrected chi connectivity index (χ3v) is 4.11. The normalized spacial score (nSPS) is 19.5. The first-order valence-corrected chi connectivity index (χ1v) is 8.40. The molecule has 0 spiro atoms. The van der Waals surface area contributed by atoms with E-state index in [1.54, 1.807) is 0 Å². The molecular weight excluding hydrogens is 399 g/mol. The minimum atomic E-state index is 0. The maximum absolute atomic E-state index is 5.90. The van der Waals surface area contributed by atoms with Crippen LogP contribution in [0.15, 0.2) is 29.3 Å². The largest absolute Gasteiger partial charge is 0.370 e. The van der Waals surface area contributed by atoms with Crippen molar-refractivity contribution in [3.05, 3.63) is 35.4 Å². The molecule has 1 saturated heterocycles. The fourth-order valence-corrected chi connectivity index (χ4v) is 3.05. The number of likely N-dealkylation sites (tertiary alicyclic amines) is 1.